The predicted octanol–water partition coefficient (Wildman–Crippen LogP) is 1.25. The van der Waals surface area contributed by atoms with E-state index in [9.17, 15) is 4.79 Å². The largest absolute Gasteiger partial charge is 0.379 e. The number of amides is 1. The lowest BCUT2D eigenvalue weighted by Crippen LogP contribution is -2.48. The van der Waals surface area contributed by atoms with Gasteiger partial charge in [-0.3, -0.25) is 10.2 Å². The highest BCUT2D eigenvalue weighted by molar-refractivity contribution is 6.30. The van der Waals surface area contributed by atoms with E-state index in [-0.39, 0.29) is 5.91 Å². The van der Waals surface area contributed by atoms with Crippen molar-refractivity contribution in [1.29, 1.82) is 0 Å². The first-order valence-corrected chi connectivity index (χ1v) is 5.98. The van der Waals surface area contributed by atoms with E-state index in [1.165, 1.54) is 0 Å². The topological polar surface area (TPSA) is 41.6 Å². The Kier molecular flexibility index (Phi) is 4.36. The second kappa shape index (κ2) is 6.00. The van der Waals surface area contributed by atoms with Gasteiger partial charge in [-0.15, -0.1) is 0 Å². The van der Waals surface area contributed by atoms with Gasteiger partial charge in [-0.05, 0) is 17.7 Å². The van der Waals surface area contributed by atoms with Crippen LogP contribution in [0.5, 0.6) is 0 Å². The number of halogens is 1. The van der Waals surface area contributed by atoms with Gasteiger partial charge in [-0.2, -0.15) is 0 Å². The minimum Gasteiger partial charge on any atom is -0.379 e. The van der Waals surface area contributed by atoms with Gasteiger partial charge in [0.25, 0.3) is 0 Å². The summed E-state index contributed by atoms with van der Waals surface area (Å²) in [6.07, 6.45) is 0.370. The zero-order valence-corrected chi connectivity index (χ0v) is 10.2. The van der Waals surface area contributed by atoms with E-state index in [0.717, 1.165) is 18.7 Å². The van der Waals surface area contributed by atoms with Gasteiger partial charge in [0.1, 0.15) is 0 Å². The normalized spacial score (nSPS) is 16.8. The molecule has 0 bridgehead atoms. The number of hydrogen-bond donors (Lipinski definition) is 1. The van der Waals surface area contributed by atoms with Gasteiger partial charge in [0, 0.05) is 18.1 Å². The minimum absolute atomic E-state index is 0.00535. The zero-order chi connectivity index (χ0) is 12.1. The Morgan fingerprint density at radius 2 is 1.94 bits per heavy atom. The molecule has 1 heterocycles. The van der Waals surface area contributed by atoms with Crippen LogP contribution in [0.25, 0.3) is 0 Å². The van der Waals surface area contributed by atoms with E-state index in [4.69, 9.17) is 16.3 Å². The molecule has 1 N–H and O–H groups in total. The molecule has 1 fully saturated rings. The third-order valence-corrected chi connectivity index (χ3v) is 2.82. The van der Waals surface area contributed by atoms with Crippen molar-refractivity contribution >= 4 is 17.5 Å². The molecule has 1 aliphatic heterocycles. The van der Waals surface area contributed by atoms with Crippen molar-refractivity contribution in [2.75, 3.05) is 26.3 Å². The lowest BCUT2D eigenvalue weighted by Gasteiger charge is -2.26. The highest BCUT2D eigenvalue weighted by Crippen LogP contribution is 2.09. The fourth-order valence-electron chi connectivity index (χ4n) is 1.68. The average Bonchev–Trinajstić information content (AvgIpc) is 2.33. The third-order valence-electron chi connectivity index (χ3n) is 2.57. The van der Waals surface area contributed by atoms with Crippen LogP contribution in [-0.4, -0.2) is 37.2 Å². The van der Waals surface area contributed by atoms with Crippen LogP contribution < -0.4 is 5.43 Å². The molecule has 0 aliphatic carbocycles. The molecule has 0 saturated carbocycles. The fourth-order valence-corrected chi connectivity index (χ4v) is 1.80. The summed E-state index contributed by atoms with van der Waals surface area (Å²) in [5, 5.41) is 2.57. The van der Waals surface area contributed by atoms with E-state index < -0.39 is 0 Å². The van der Waals surface area contributed by atoms with Crippen molar-refractivity contribution in [1.82, 2.24) is 10.4 Å². The molecule has 1 aromatic rings. The first-order chi connectivity index (χ1) is 8.24. The standard InChI is InChI=1S/C12H15ClN2O2/c13-11-3-1-10(2-4-11)9-12(16)14-15-5-7-17-8-6-15/h1-4H,5-9H2,(H,14,16). The van der Waals surface area contributed by atoms with Crippen LogP contribution in [0.15, 0.2) is 24.3 Å². The van der Waals surface area contributed by atoms with E-state index in [1.54, 1.807) is 12.1 Å². The summed E-state index contributed by atoms with van der Waals surface area (Å²) < 4.78 is 5.21. The molecular formula is C12H15ClN2O2. The second-order valence-corrected chi connectivity index (χ2v) is 4.37. The van der Waals surface area contributed by atoms with Crippen LogP contribution >= 0.6 is 11.6 Å². The maximum atomic E-state index is 11.7. The van der Waals surface area contributed by atoms with Gasteiger partial charge in [0.05, 0.1) is 19.6 Å². The van der Waals surface area contributed by atoms with Crippen molar-refractivity contribution in [3.63, 3.8) is 0 Å². The average molecular weight is 255 g/mol. The molecule has 1 amide bonds. The molecule has 2 rings (SSSR count). The van der Waals surface area contributed by atoms with Gasteiger partial charge in [-0.25, -0.2) is 5.01 Å². The minimum atomic E-state index is -0.00535. The Hall–Kier alpha value is -1.10. The van der Waals surface area contributed by atoms with Crippen LogP contribution in [0.1, 0.15) is 5.56 Å². The van der Waals surface area contributed by atoms with Crippen molar-refractivity contribution in [3.8, 4) is 0 Å². The fraction of sp³-hybridized carbons (Fsp3) is 0.417. The first kappa shape index (κ1) is 12.4. The van der Waals surface area contributed by atoms with E-state index in [2.05, 4.69) is 5.43 Å². The Bertz CT molecular complexity index is 375. The van der Waals surface area contributed by atoms with Crippen molar-refractivity contribution in [2.45, 2.75) is 6.42 Å². The summed E-state index contributed by atoms with van der Waals surface area (Å²) in [5.74, 6) is -0.00535. The Labute approximate surface area is 105 Å². The maximum absolute atomic E-state index is 11.7. The molecule has 0 atom stereocenters. The SMILES string of the molecule is O=C(Cc1ccc(Cl)cc1)NN1CCOCC1. The monoisotopic (exact) mass is 254 g/mol. The van der Waals surface area contributed by atoms with E-state index >= 15 is 0 Å². The first-order valence-electron chi connectivity index (χ1n) is 5.60. The van der Waals surface area contributed by atoms with Crippen molar-refractivity contribution < 1.29 is 9.53 Å². The third kappa shape index (κ3) is 4.00. The molecule has 0 aromatic heterocycles. The molecule has 17 heavy (non-hydrogen) atoms. The number of nitrogens with zero attached hydrogens (tertiary/aromatic N) is 1. The van der Waals surface area contributed by atoms with Crippen molar-refractivity contribution in [2.24, 2.45) is 0 Å². The van der Waals surface area contributed by atoms with Gasteiger partial charge in [-0.1, -0.05) is 23.7 Å². The molecule has 1 aromatic carbocycles. The molecule has 1 aliphatic rings. The highest BCUT2D eigenvalue weighted by atomic mass is 35.5. The number of benzene rings is 1. The highest BCUT2D eigenvalue weighted by Gasteiger charge is 2.12. The number of morpholine rings is 1. The van der Waals surface area contributed by atoms with Gasteiger partial charge in [0.2, 0.25) is 5.91 Å². The maximum Gasteiger partial charge on any atom is 0.238 e. The molecular weight excluding hydrogens is 240 g/mol. The number of carbonyl (C=O) groups excluding carboxylic acids is 1. The van der Waals surface area contributed by atoms with Crippen LogP contribution in [-0.2, 0) is 16.0 Å². The molecule has 5 heteroatoms. The second-order valence-electron chi connectivity index (χ2n) is 3.94. The van der Waals surface area contributed by atoms with Crippen LogP contribution in [0, 0.1) is 0 Å². The Morgan fingerprint density at radius 1 is 1.29 bits per heavy atom. The summed E-state index contributed by atoms with van der Waals surface area (Å²) in [4.78, 5) is 11.7. The quantitative estimate of drug-likeness (QED) is 0.883. The van der Waals surface area contributed by atoms with E-state index in [1.807, 2.05) is 17.1 Å². The number of ether oxygens (including phenoxy) is 1. The number of rotatable bonds is 3. The molecule has 1 saturated heterocycles. The summed E-state index contributed by atoms with van der Waals surface area (Å²) in [5.41, 5.74) is 3.82. The Morgan fingerprint density at radius 3 is 2.59 bits per heavy atom. The van der Waals surface area contributed by atoms with E-state index in [0.29, 0.717) is 24.7 Å². The molecule has 0 spiro atoms. The Balaban J connectivity index is 1.82. The van der Waals surface area contributed by atoms with Gasteiger partial charge < -0.3 is 4.74 Å². The van der Waals surface area contributed by atoms with Crippen LogP contribution in [0.4, 0.5) is 0 Å². The van der Waals surface area contributed by atoms with Gasteiger partial charge in [0.15, 0.2) is 0 Å². The summed E-state index contributed by atoms with van der Waals surface area (Å²) in [6, 6.07) is 7.31. The zero-order valence-electron chi connectivity index (χ0n) is 9.49. The lowest BCUT2D eigenvalue weighted by atomic mass is 10.1. The number of carbonyl (C=O) groups is 1. The van der Waals surface area contributed by atoms with Crippen LogP contribution in [0.2, 0.25) is 5.02 Å². The summed E-state index contributed by atoms with van der Waals surface area (Å²) in [6.45, 7) is 2.82. The van der Waals surface area contributed by atoms with Crippen LogP contribution in [0.3, 0.4) is 0 Å². The number of hydrogen-bond acceptors (Lipinski definition) is 3. The molecule has 0 radical (unpaired) electrons. The molecule has 92 valence electrons. The summed E-state index contributed by atoms with van der Waals surface area (Å²) >= 11 is 5.78. The molecule has 0 unspecified atom stereocenters. The van der Waals surface area contributed by atoms with Gasteiger partial charge >= 0.3 is 0 Å². The smallest absolute Gasteiger partial charge is 0.238 e. The number of nitrogens with one attached hydrogen (secondary N) is 1. The summed E-state index contributed by atoms with van der Waals surface area (Å²) in [7, 11) is 0. The molecule has 4 nitrogen and oxygen atoms in total. The van der Waals surface area contributed by atoms with Crippen molar-refractivity contribution in [3.05, 3.63) is 34.9 Å². The number of hydrazine groups is 1. The predicted molar refractivity (Wildman–Crippen MR) is 65.7 cm³/mol. The lowest BCUT2D eigenvalue weighted by molar-refractivity contribution is -0.127.